The molecule has 0 radical (unpaired) electrons. The fourth-order valence-electron chi connectivity index (χ4n) is 2.35. The Balaban J connectivity index is 1.65. The molecule has 0 aliphatic carbocycles. The average molecular weight is 291 g/mol. The Bertz CT molecular complexity index is 886. The van der Waals surface area contributed by atoms with Crippen LogP contribution in [-0.2, 0) is 0 Å². The van der Waals surface area contributed by atoms with E-state index in [-0.39, 0.29) is 0 Å². The SMILES string of the molecule is Cc1occc1-c1nc(-c2ccc(-n3cccc3)cc2)no1. The summed E-state index contributed by atoms with van der Waals surface area (Å²) < 4.78 is 12.6. The summed E-state index contributed by atoms with van der Waals surface area (Å²) in [6.07, 6.45) is 5.62. The van der Waals surface area contributed by atoms with Gasteiger partial charge in [-0.05, 0) is 49.4 Å². The van der Waals surface area contributed by atoms with Crippen LogP contribution in [0.15, 0.2) is 70.1 Å². The number of hydrogen-bond donors (Lipinski definition) is 0. The summed E-state index contributed by atoms with van der Waals surface area (Å²) >= 11 is 0. The topological polar surface area (TPSA) is 57.0 Å². The molecule has 0 fully saturated rings. The lowest BCUT2D eigenvalue weighted by Gasteiger charge is -2.02. The van der Waals surface area contributed by atoms with E-state index in [0.717, 1.165) is 22.6 Å². The van der Waals surface area contributed by atoms with E-state index in [1.807, 2.05) is 66.3 Å². The van der Waals surface area contributed by atoms with Gasteiger partial charge in [-0.3, -0.25) is 0 Å². The Morgan fingerprint density at radius 2 is 1.77 bits per heavy atom. The lowest BCUT2D eigenvalue weighted by atomic mass is 10.2. The molecule has 3 heterocycles. The van der Waals surface area contributed by atoms with Gasteiger partial charge in [0.25, 0.3) is 5.89 Å². The monoisotopic (exact) mass is 291 g/mol. The molecule has 0 atom stereocenters. The molecule has 0 saturated carbocycles. The van der Waals surface area contributed by atoms with Crippen LogP contribution < -0.4 is 0 Å². The van der Waals surface area contributed by atoms with Gasteiger partial charge >= 0.3 is 0 Å². The molecule has 0 bridgehead atoms. The zero-order valence-electron chi connectivity index (χ0n) is 11.9. The molecule has 5 heteroatoms. The lowest BCUT2D eigenvalue weighted by molar-refractivity contribution is 0.430. The fourth-order valence-corrected chi connectivity index (χ4v) is 2.35. The molecule has 0 unspecified atom stereocenters. The van der Waals surface area contributed by atoms with Gasteiger partial charge in [0.1, 0.15) is 5.76 Å². The predicted molar refractivity (Wildman–Crippen MR) is 81.5 cm³/mol. The van der Waals surface area contributed by atoms with Crippen molar-refractivity contribution in [3.63, 3.8) is 0 Å². The second kappa shape index (κ2) is 5.04. The van der Waals surface area contributed by atoms with E-state index >= 15 is 0 Å². The van der Waals surface area contributed by atoms with E-state index in [1.54, 1.807) is 6.26 Å². The molecule has 0 saturated heterocycles. The number of nitrogens with zero attached hydrogens (tertiary/aromatic N) is 3. The van der Waals surface area contributed by atoms with Crippen molar-refractivity contribution in [1.29, 1.82) is 0 Å². The van der Waals surface area contributed by atoms with Crippen molar-refractivity contribution in [2.45, 2.75) is 6.92 Å². The third kappa shape index (κ3) is 2.13. The second-order valence-corrected chi connectivity index (χ2v) is 4.95. The number of aromatic nitrogens is 3. The Labute approximate surface area is 126 Å². The smallest absolute Gasteiger partial charge is 0.261 e. The van der Waals surface area contributed by atoms with Gasteiger partial charge in [-0.2, -0.15) is 4.98 Å². The van der Waals surface area contributed by atoms with Crippen LogP contribution in [0.1, 0.15) is 5.76 Å². The highest BCUT2D eigenvalue weighted by Crippen LogP contribution is 2.25. The first kappa shape index (κ1) is 12.6. The largest absolute Gasteiger partial charge is 0.469 e. The highest BCUT2D eigenvalue weighted by molar-refractivity contribution is 5.61. The van der Waals surface area contributed by atoms with E-state index in [9.17, 15) is 0 Å². The van der Waals surface area contributed by atoms with Crippen LogP contribution in [0.5, 0.6) is 0 Å². The summed E-state index contributed by atoms with van der Waals surface area (Å²) in [5.41, 5.74) is 2.82. The number of hydrogen-bond acceptors (Lipinski definition) is 4. The van der Waals surface area contributed by atoms with Gasteiger partial charge in [0.2, 0.25) is 5.82 Å². The third-order valence-corrected chi connectivity index (χ3v) is 3.54. The molecule has 0 amide bonds. The van der Waals surface area contributed by atoms with Crippen molar-refractivity contribution in [1.82, 2.24) is 14.7 Å². The number of benzene rings is 1. The molecule has 0 aliphatic rings. The number of furan rings is 1. The van der Waals surface area contributed by atoms with E-state index in [0.29, 0.717) is 11.7 Å². The molecule has 4 aromatic rings. The van der Waals surface area contributed by atoms with Crippen molar-refractivity contribution >= 4 is 0 Å². The van der Waals surface area contributed by atoms with Crippen LogP contribution in [0.3, 0.4) is 0 Å². The lowest BCUT2D eigenvalue weighted by Crippen LogP contribution is -1.89. The Kier molecular flexibility index (Phi) is 2.89. The molecular formula is C17H13N3O2. The number of aryl methyl sites for hydroxylation is 1. The summed E-state index contributed by atoms with van der Waals surface area (Å²) in [6.45, 7) is 1.87. The molecule has 3 aromatic heterocycles. The molecule has 0 spiro atoms. The van der Waals surface area contributed by atoms with E-state index < -0.39 is 0 Å². The maximum Gasteiger partial charge on any atom is 0.261 e. The first-order valence-corrected chi connectivity index (χ1v) is 6.93. The molecule has 4 rings (SSSR count). The van der Waals surface area contributed by atoms with E-state index in [4.69, 9.17) is 8.94 Å². The Hall–Kier alpha value is -3.08. The average Bonchev–Trinajstić information content (AvgIpc) is 3.28. The second-order valence-electron chi connectivity index (χ2n) is 4.95. The summed E-state index contributed by atoms with van der Waals surface area (Å²) in [6, 6.07) is 13.8. The van der Waals surface area contributed by atoms with Crippen molar-refractivity contribution in [2.75, 3.05) is 0 Å². The van der Waals surface area contributed by atoms with Crippen LogP contribution in [0.4, 0.5) is 0 Å². The van der Waals surface area contributed by atoms with Crippen LogP contribution in [-0.4, -0.2) is 14.7 Å². The molecule has 5 nitrogen and oxygen atoms in total. The zero-order valence-corrected chi connectivity index (χ0v) is 11.9. The summed E-state index contributed by atoms with van der Waals surface area (Å²) in [7, 11) is 0. The van der Waals surface area contributed by atoms with Crippen molar-refractivity contribution in [2.24, 2.45) is 0 Å². The van der Waals surface area contributed by atoms with Crippen molar-refractivity contribution < 1.29 is 8.94 Å². The van der Waals surface area contributed by atoms with Crippen molar-refractivity contribution in [3.05, 3.63) is 66.9 Å². The minimum atomic E-state index is 0.468. The van der Waals surface area contributed by atoms with E-state index in [2.05, 4.69) is 10.1 Å². The van der Waals surface area contributed by atoms with Crippen LogP contribution in [0.2, 0.25) is 0 Å². The fraction of sp³-hybridized carbons (Fsp3) is 0.0588. The predicted octanol–water partition coefficient (Wildman–Crippen LogP) is 4.10. The summed E-state index contributed by atoms with van der Waals surface area (Å²) in [5, 5.41) is 4.04. The molecule has 22 heavy (non-hydrogen) atoms. The Morgan fingerprint density at radius 3 is 2.45 bits per heavy atom. The minimum Gasteiger partial charge on any atom is -0.469 e. The maximum absolute atomic E-state index is 5.32. The normalized spacial score (nSPS) is 11.0. The zero-order chi connectivity index (χ0) is 14.9. The molecule has 108 valence electrons. The molecular weight excluding hydrogens is 278 g/mol. The summed E-state index contributed by atoms with van der Waals surface area (Å²) in [4.78, 5) is 4.43. The van der Waals surface area contributed by atoms with Gasteiger partial charge in [0, 0.05) is 23.6 Å². The van der Waals surface area contributed by atoms with E-state index in [1.165, 1.54) is 0 Å². The van der Waals surface area contributed by atoms with Gasteiger partial charge in [-0.15, -0.1) is 0 Å². The standard InChI is InChI=1S/C17H13N3O2/c1-12-15(8-11-21-12)17-18-16(19-22-17)13-4-6-14(7-5-13)20-9-2-3-10-20/h2-11H,1H3. The molecule has 0 N–H and O–H groups in total. The highest BCUT2D eigenvalue weighted by Gasteiger charge is 2.14. The van der Waals surface area contributed by atoms with Gasteiger partial charge in [0.05, 0.1) is 11.8 Å². The first-order chi connectivity index (χ1) is 10.8. The number of rotatable bonds is 3. The van der Waals surface area contributed by atoms with Gasteiger partial charge < -0.3 is 13.5 Å². The molecule has 0 aliphatic heterocycles. The van der Waals surface area contributed by atoms with Gasteiger partial charge in [-0.1, -0.05) is 5.16 Å². The third-order valence-electron chi connectivity index (χ3n) is 3.54. The Morgan fingerprint density at radius 1 is 1.00 bits per heavy atom. The molecule has 1 aromatic carbocycles. The highest BCUT2D eigenvalue weighted by atomic mass is 16.5. The van der Waals surface area contributed by atoms with Crippen LogP contribution in [0.25, 0.3) is 28.5 Å². The van der Waals surface area contributed by atoms with Gasteiger partial charge in [0.15, 0.2) is 0 Å². The van der Waals surface area contributed by atoms with Crippen LogP contribution in [0, 0.1) is 6.92 Å². The van der Waals surface area contributed by atoms with Gasteiger partial charge in [-0.25, -0.2) is 0 Å². The maximum atomic E-state index is 5.32. The van der Waals surface area contributed by atoms with Crippen molar-refractivity contribution in [3.8, 4) is 28.5 Å². The minimum absolute atomic E-state index is 0.468. The quantitative estimate of drug-likeness (QED) is 0.570. The summed E-state index contributed by atoms with van der Waals surface area (Å²) in [5.74, 6) is 1.79. The van der Waals surface area contributed by atoms with Crippen LogP contribution >= 0.6 is 0 Å². The first-order valence-electron chi connectivity index (χ1n) is 6.93.